The van der Waals surface area contributed by atoms with Crippen LogP contribution in [0.25, 0.3) is 0 Å². The number of nitrogens with zero attached hydrogens (tertiary/aromatic N) is 5. The van der Waals surface area contributed by atoms with Crippen molar-refractivity contribution in [3.63, 3.8) is 0 Å². The lowest BCUT2D eigenvalue weighted by atomic mass is 10.2. The molecule has 0 saturated carbocycles. The summed E-state index contributed by atoms with van der Waals surface area (Å²) in [7, 11) is -1.53. The van der Waals surface area contributed by atoms with Gasteiger partial charge in [-0.25, -0.2) is 0 Å². The number of nitrogens with one attached hydrogen (secondary N) is 1. The average molecular weight is 396 g/mol. The van der Waals surface area contributed by atoms with Crippen LogP contribution in [0.15, 0.2) is 0 Å². The monoisotopic (exact) mass is 396 g/mol. The Morgan fingerprint density at radius 3 is 2.12 bits per heavy atom. The number of rotatable bonds is 6. The van der Waals surface area contributed by atoms with Crippen LogP contribution in [0.2, 0.25) is 0 Å². The number of sulfonamides is 1. The van der Waals surface area contributed by atoms with Gasteiger partial charge >= 0.3 is 27.6 Å². The van der Waals surface area contributed by atoms with Gasteiger partial charge in [0.2, 0.25) is 0 Å². The molecule has 0 radical (unpaired) electrons. The number of aromatic nitrogens is 5. The van der Waals surface area contributed by atoms with Gasteiger partial charge in [-0.05, 0) is 6.92 Å². The van der Waals surface area contributed by atoms with E-state index in [9.17, 15) is 21.6 Å². The third kappa shape index (κ3) is 3.95. The first-order valence-electron chi connectivity index (χ1n) is 6.93. The van der Waals surface area contributed by atoms with E-state index >= 15 is 0 Å². The summed E-state index contributed by atoms with van der Waals surface area (Å²) in [5.74, 6) is 0.0688. The lowest BCUT2D eigenvalue weighted by Crippen LogP contribution is -2.30. The maximum absolute atomic E-state index is 12.7. The quantitative estimate of drug-likeness (QED) is 0.761. The Kier molecular flexibility index (Phi) is 5.25. The van der Waals surface area contributed by atoms with Gasteiger partial charge in [0.1, 0.15) is 5.82 Å². The predicted molar refractivity (Wildman–Crippen MR) is 82.3 cm³/mol. The van der Waals surface area contributed by atoms with Gasteiger partial charge in [-0.15, -0.1) is 4.98 Å². The summed E-state index contributed by atoms with van der Waals surface area (Å²) in [5.41, 5.74) is -5.59. The van der Waals surface area contributed by atoms with Gasteiger partial charge in [0.15, 0.2) is 0 Å². The van der Waals surface area contributed by atoms with E-state index in [4.69, 9.17) is 9.47 Å². The Morgan fingerprint density at radius 2 is 1.65 bits per heavy atom. The summed E-state index contributed by atoms with van der Waals surface area (Å²) in [6, 6.07) is -0.145. The molecule has 0 spiro atoms. The third-order valence-electron chi connectivity index (χ3n) is 3.28. The Hall–Kier alpha value is -2.64. The van der Waals surface area contributed by atoms with Crippen LogP contribution < -0.4 is 14.2 Å². The molecule has 2 heterocycles. The van der Waals surface area contributed by atoms with E-state index in [0.717, 1.165) is 0 Å². The molecule has 2 aromatic heterocycles. The minimum absolute atomic E-state index is 0.00636. The number of ether oxygens (including phenoxy) is 2. The number of hydrogen-bond acceptors (Lipinski definition) is 8. The fourth-order valence-electron chi connectivity index (χ4n) is 1.91. The molecule has 0 saturated heterocycles. The molecule has 144 valence electrons. The number of anilines is 1. The van der Waals surface area contributed by atoms with Gasteiger partial charge in [-0.1, -0.05) is 0 Å². The highest BCUT2D eigenvalue weighted by Gasteiger charge is 2.46. The van der Waals surface area contributed by atoms with Crippen molar-refractivity contribution >= 4 is 15.7 Å². The molecule has 1 N–H and O–H groups in total. The van der Waals surface area contributed by atoms with E-state index in [1.54, 1.807) is 0 Å². The molecular weight excluding hydrogens is 381 g/mol. The van der Waals surface area contributed by atoms with Crippen molar-refractivity contribution in [3.8, 4) is 12.0 Å². The zero-order chi connectivity index (χ0) is 19.7. The number of methoxy groups -OCH3 is 2. The largest absolute Gasteiger partial charge is 0.516 e. The summed E-state index contributed by atoms with van der Waals surface area (Å²) < 4.78 is 73.4. The van der Waals surface area contributed by atoms with E-state index < -0.39 is 15.5 Å². The molecule has 0 fully saturated rings. The molecule has 2 aromatic rings. The Morgan fingerprint density at radius 1 is 1.12 bits per heavy atom. The minimum Gasteiger partial charge on any atom is -0.467 e. The Balaban J connectivity index is 2.45. The molecule has 0 aliphatic carbocycles. The van der Waals surface area contributed by atoms with Gasteiger partial charge in [-0.3, -0.25) is 9.40 Å². The molecule has 10 nitrogen and oxygen atoms in total. The lowest BCUT2D eigenvalue weighted by Gasteiger charge is -2.11. The van der Waals surface area contributed by atoms with Crippen LogP contribution in [0.4, 0.5) is 18.9 Å². The van der Waals surface area contributed by atoms with Gasteiger partial charge in [0.05, 0.1) is 37.7 Å². The number of halogens is 3. The minimum atomic E-state index is -5.61. The van der Waals surface area contributed by atoms with Crippen molar-refractivity contribution in [2.45, 2.75) is 18.9 Å². The number of alkyl halides is 3. The molecule has 0 aromatic carbocycles. The first-order valence-corrected chi connectivity index (χ1v) is 8.41. The fraction of sp³-hybridized carbons (Fsp3) is 0.500. The molecule has 26 heavy (non-hydrogen) atoms. The highest BCUT2D eigenvalue weighted by Crippen LogP contribution is 2.29. The van der Waals surface area contributed by atoms with E-state index in [1.165, 1.54) is 37.6 Å². The van der Waals surface area contributed by atoms with E-state index in [2.05, 4.69) is 20.1 Å². The van der Waals surface area contributed by atoms with Crippen molar-refractivity contribution in [3.05, 3.63) is 17.2 Å². The number of aryl methyl sites for hydroxylation is 1. The van der Waals surface area contributed by atoms with Crippen molar-refractivity contribution in [1.29, 1.82) is 0 Å². The lowest BCUT2D eigenvalue weighted by molar-refractivity contribution is -0.0429. The Bertz CT molecular complexity index is 890. The predicted octanol–water partition coefficient (Wildman–Crippen LogP) is 0.783. The first kappa shape index (κ1) is 19.7. The van der Waals surface area contributed by atoms with Gasteiger partial charge in [-0.2, -0.15) is 36.7 Å². The molecule has 0 unspecified atom stereocenters. The normalized spacial score (nSPS) is 12.1. The highest BCUT2D eigenvalue weighted by atomic mass is 32.2. The van der Waals surface area contributed by atoms with Gasteiger partial charge < -0.3 is 9.47 Å². The summed E-state index contributed by atoms with van der Waals surface area (Å²) >= 11 is 0. The molecular formula is C12H15F3N6O4S. The van der Waals surface area contributed by atoms with Crippen molar-refractivity contribution in [1.82, 2.24) is 24.7 Å². The second-order valence-corrected chi connectivity index (χ2v) is 6.66. The molecule has 0 atom stereocenters. The van der Waals surface area contributed by atoms with Crippen LogP contribution in [0.5, 0.6) is 12.0 Å². The van der Waals surface area contributed by atoms with Crippen LogP contribution in [0, 0.1) is 6.92 Å². The van der Waals surface area contributed by atoms with Gasteiger partial charge in [0, 0.05) is 7.05 Å². The SMILES string of the molecule is COc1nc(Cc2nn(C)c(C)c2NS(=O)(=O)C(F)(F)F)nc(OC)n1. The highest BCUT2D eigenvalue weighted by molar-refractivity contribution is 7.93. The molecule has 14 heteroatoms. The van der Waals surface area contributed by atoms with Crippen LogP contribution in [0.3, 0.4) is 0 Å². The molecule has 0 amide bonds. The van der Waals surface area contributed by atoms with Gasteiger partial charge in [0.25, 0.3) is 0 Å². The molecule has 0 aliphatic rings. The maximum Gasteiger partial charge on any atom is 0.516 e. The van der Waals surface area contributed by atoms with E-state index in [-0.39, 0.29) is 41.3 Å². The zero-order valence-corrected chi connectivity index (χ0v) is 14.9. The molecule has 2 rings (SSSR count). The van der Waals surface area contributed by atoms with Crippen LogP contribution in [-0.4, -0.2) is 52.9 Å². The van der Waals surface area contributed by atoms with Crippen molar-refractivity contribution in [2.75, 3.05) is 18.9 Å². The topological polar surface area (TPSA) is 121 Å². The Labute approximate surface area is 146 Å². The number of hydrogen-bond donors (Lipinski definition) is 1. The summed E-state index contributed by atoms with van der Waals surface area (Å²) in [6.45, 7) is 1.42. The van der Waals surface area contributed by atoms with E-state index in [1.807, 2.05) is 0 Å². The summed E-state index contributed by atoms with van der Waals surface area (Å²) in [5, 5.41) is 4.02. The van der Waals surface area contributed by atoms with Crippen LogP contribution in [0.1, 0.15) is 17.2 Å². The van der Waals surface area contributed by atoms with Crippen LogP contribution >= 0.6 is 0 Å². The molecule has 0 aliphatic heterocycles. The van der Waals surface area contributed by atoms with E-state index in [0.29, 0.717) is 0 Å². The van der Waals surface area contributed by atoms with Crippen LogP contribution in [-0.2, 0) is 23.5 Å². The average Bonchev–Trinajstić information content (AvgIpc) is 2.80. The maximum atomic E-state index is 12.7. The van der Waals surface area contributed by atoms with Crippen molar-refractivity contribution < 1.29 is 31.1 Å². The second-order valence-electron chi connectivity index (χ2n) is 4.98. The smallest absolute Gasteiger partial charge is 0.467 e. The fourth-order valence-corrected chi connectivity index (χ4v) is 2.56. The second kappa shape index (κ2) is 6.93. The summed E-state index contributed by atoms with van der Waals surface area (Å²) in [4.78, 5) is 11.7. The molecule has 0 bridgehead atoms. The first-order chi connectivity index (χ1) is 12.0. The third-order valence-corrected chi connectivity index (χ3v) is 4.36. The zero-order valence-electron chi connectivity index (χ0n) is 14.1. The standard InChI is InChI=1S/C12H15F3N6O4S/c1-6-9(20-26(22,23)12(13,14)15)7(19-21(6)2)5-8-16-10(24-3)18-11(17-8)25-4/h20H,5H2,1-4H3. The van der Waals surface area contributed by atoms with Crippen molar-refractivity contribution in [2.24, 2.45) is 7.05 Å². The summed E-state index contributed by atoms with van der Waals surface area (Å²) in [6.07, 6.45) is -0.188.